The number of aromatic amines is 3. The first-order valence-electron chi connectivity index (χ1n) is 49.0. The highest BCUT2D eigenvalue weighted by molar-refractivity contribution is 6.01. The Morgan fingerprint density at radius 2 is 1.20 bits per heavy atom. The molecule has 0 unspecified atom stereocenters. The Morgan fingerprint density at radius 3 is 1.87 bits per heavy atom. The first kappa shape index (κ1) is 113. The summed E-state index contributed by atoms with van der Waals surface area (Å²) in [7, 11) is 0. The Hall–Kier alpha value is -14.0. The smallest absolute Gasteiger partial charge is 0.246 e. The number of primary amides is 2. The molecular formula is C95H141N27O20. The second kappa shape index (κ2) is 63.0. The van der Waals surface area contributed by atoms with Gasteiger partial charge in [-0.05, 0) is 104 Å². The molecule has 47 nitrogen and oxygen atoms in total. The van der Waals surface area contributed by atoms with Crippen LogP contribution in [-0.2, 0) is 118 Å². The van der Waals surface area contributed by atoms with Crippen molar-refractivity contribution in [3.63, 3.8) is 0 Å². The first-order valence-corrected chi connectivity index (χ1v) is 49.0. The number of nitrogens with one attached hydrogen (secondary N) is 18. The molecule has 8 rings (SSSR count). The number of imidazole rings is 1. The highest BCUT2D eigenvalue weighted by Gasteiger charge is 2.44. The Bertz CT molecular complexity index is 5000. The van der Waals surface area contributed by atoms with Gasteiger partial charge in [0.2, 0.25) is 94.5 Å². The molecule has 2 saturated heterocycles. The molecule has 6 heterocycles. The van der Waals surface area contributed by atoms with Gasteiger partial charge in [0.1, 0.15) is 78.9 Å². The average molecular weight is 1980 g/mol. The number of guanidine groups is 1. The van der Waals surface area contributed by atoms with E-state index in [0.29, 0.717) is 24.0 Å². The fraction of sp³-hybridized carbons (Fsp3) is 0.579. The summed E-state index contributed by atoms with van der Waals surface area (Å²) in [6.07, 6.45) is 17.9. The van der Waals surface area contributed by atoms with E-state index in [1.807, 2.05) is 12.1 Å². The van der Waals surface area contributed by atoms with Gasteiger partial charge in [-0.2, -0.15) is 0 Å². The van der Waals surface area contributed by atoms with E-state index in [-0.39, 0.29) is 127 Å². The van der Waals surface area contributed by atoms with Gasteiger partial charge in [0, 0.05) is 119 Å². The molecule has 0 radical (unpaired) electrons. The van der Waals surface area contributed by atoms with E-state index in [2.05, 4.69) is 115 Å². The van der Waals surface area contributed by atoms with Crippen LogP contribution in [0.3, 0.4) is 0 Å². The lowest BCUT2D eigenvalue weighted by Crippen LogP contribution is -2.61. The van der Waals surface area contributed by atoms with Gasteiger partial charge in [-0.1, -0.05) is 145 Å². The largest absolute Gasteiger partial charge is 0.394 e. The molecule has 4 aromatic heterocycles. The Labute approximate surface area is 823 Å². The first-order chi connectivity index (χ1) is 68.5. The lowest BCUT2D eigenvalue weighted by molar-refractivity contribution is -0.143. The molecule has 26 N–H and O–H groups in total. The lowest BCUT2D eigenvalue weighted by Gasteiger charge is -2.31. The van der Waals surface area contributed by atoms with Crippen LogP contribution in [0.4, 0.5) is 0 Å². The molecular weight excluding hydrogens is 1840 g/mol. The van der Waals surface area contributed by atoms with Crippen molar-refractivity contribution in [2.75, 3.05) is 65.8 Å². The maximum absolute atomic E-state index is 15.5. The van der Waals surface area contributed by atoms with Gasteiger partial charge in [0.05, 0.1) is 51.1 Å². The average Bonchev–Trinajstić information content (AvgIpc) is 1.65. The minimum absolute atomic E-state index is 0.0133. The number of nitrogens with two attached hydrogens (primary N) is 3. The van der Waals surface area contributed by atoms with Gasteiger partial charge >= 0.3 is 0 Å². The van der Waals surface area contributed by atoms with E-state index >= 15 is 28.8 Å². The maximum atomic E-state index is 15.5. The number of aryl methyl sites for hydroxylation is 1. The number of ether oxygens (including phenoxy) is 2. The van der Waals surface area contributed by atoms with Crippen LogP contribution in [0.15, 0.2) is 97.7 Å². The van der Waals surface area contributed by atoms with Crippen LogP contribution in [0.2, 0.25) is 0 Å². The molecule has 12 atom stereocenters. The predicted octanol–water partition coefficient (Wildman–Crippen LogP) is -1.87. The summed E-state index contributed by atoms with van der Waals surface area (Å²) in [6.45, 7) is -0.384. The molecule has 142 heavy (non-hydrogen) atoms. The summed E-state index contributed by atoms with van der Waals surface area (Å²) in [5.74, 6) is -13.7. The number of carbonyl (C=O) groups is 16. The number of hydrogen-bond acceptors (Lipinski definition) is 26. The number of aliphatic hydroxyl groups is 2. The van der Waals surface area contributed by atoms with Crippen LogP contribution in [0.25, 0.3) is 10.9 Å². The van der Waals surface area contributed by atoms with Crippen molar-refractivity contribution in [1.82, 2.24) is 120 Å². The number of amides is 16. The normalized spacial score (nSPS) is 18.4. The van der Waals surface area contributed by atoms with Gasteiger partial charge in [-0.3, -0.25) is 87.1 Å². The van der Waals surface area contributed by atoms with Crippen molar-refractivity contribution in [1.29, 1.82) is 5.41 Å². The zero-order chi connectivity index (χ0) is 102. The van der Waals surface area contributed by atoms with Crippen LogP contribution in [-0.4, -0.2) is 294 Å². The summed E-state index contributed by atoms with van der Waals surface area (Å²) in [5.41, 5.74) is 19.3. The number of fused-ring (bicyclic) bond motifs is 2. The van der Waals surface area contributed by atoms with Crippen molar-refractivity contribution in [2.24, 2.45) is 17.2 Å². The summed E-state index contributed by atoms with van der Waals surface area (Å²) >= 11 is 0. The van der Waals surface area contributed by atoms with E-state index in [1.54, 1.807) is 67.7 Å². The third-order valence-electron chi connectivity index (χ3n) is 24.1. The zero-order valence-electron chi connectivity index (χ0n) is 80.5. The third kappa shape index (κ3) is 41.8. The molecule has 47 heteroatoms. The van der Waals surface area contributed by atoms with Crippen LogP contribution in [0.1, 0.15) is 209 Å². The van der Waals surface area contributed by atoms with Crippen LogP contribution >= 0.6 is 0 Å². The molecule has 16 amide bonds. The second-order valence-corrected chi connectivity index (χ2v) is 35.4. The van der Waals surface area contributed by atoms with Crippen molar-refractivity contribution in [2.45, 2.75) is 285 Å². The van der Waals surface area contributed by atoms with Gasteiger partial charge < -0.3 is 126 Å². The van der Waals surface area contributed by atoms with E-state index in [0.717, 1.165) is 60.2 Å². The monoisotopic (exact) mass is 1980 g/mol. The van der Waals surface area contributed by atoms with Crippen molar-refractivity contribution >= 4 is 111 Å². The van der Waals surface area contributed by atoms with Gasteiger partial charge in [-0.25, -0.2) is 10.1 Å². The van der Waals surface area contributed by atoms with Crippen molar-refractivity contribution < 1.29 is 96.4 Å². The maximum Gasteiger partial charge on any atom is 0.246 e. The SMILES string of the molecule is CCCC[C@H](NC(=O)[C@H](Cc1ccccn1)NC(=O)[C@H](Cc1c[nH]cn1)NC(=O)[C@H](CCC(N)=O)NC(=O)[C@H](CO)NC(=O)CNC(=O)COCCOCCNC(=O)CCCCCCCCCCCCCCCc1nnn[nH]1)C(=O)N[C@H]1CCC(=O)NCCCC[C@@H](C(N)=O)NC(=O)[C@H](Cc2c[nH]c3ccccc23)NC(=O)[C@H](CCCNC(=N)N)NC(=O)[C@@H](Cc2ccccc2)NC(=O)[C@@H]2C[C@@H](O)CN2C1=O. The number of rotatable bonds is 57. The van der Waals surface area contributed by atoms with Gasteiger partial charge in [0.15, 0.2) is 5.96 Å². The topological polar surface area (TPSA) is 717 Å². The molecule has 6 aromatic rings. The molecule has 0 aliphatic carbocycles. The fourth-order valence-corrected chi connectivity index (χ4v) is 16.4. The number of tetrazole rings is 1. The fourth-order valence-electron chi connectivity index (χ4n) is 16.4. The van der Waals surface area contributed by atoms with Crippen LogP contribution < -0.4 is 91.6 Å². The van der Waals surface area contributed by atoms with E-state index < -0.39 is 226 Å². The molecule has 2 aliphatic heterocycles. The minimum atomic E-state index is -1.77. The minimum Gasteiger partial charge on any atom is -0.394 e. The Kier molecular flexibility index (Phi) is 50.2. The Balaban J connectivity index is 0.896. The summed E-state index contributed by atoms with van der Waals surface area (Å²) in [6, 6.07) is 2.95. The zero-order valence-corrected chi connectivity index (χ0v) is 80.5. The lowest BCUT2D eigenvalue weighted by atomic mass is 10.0. The number of para-hydroxylation sites is 1. The van der Waals surface area contributed by atoms with Crippen molar-refractivity contribution in [3.05, 3.63) is 126 Å². The molecule has 2 fully saturated rings. The predicted molar refractivity (Wildman–Crippen MR) is 517 cm³/mol. The number of aliphatic hydroxyl groups excluding tert-OH is 2. The number of unbranched alkanes of at least 4 members (excludes halogenated alkanes) is 13. The van der Waals surface area contributed by atoms with Gasteiger partial charge in [-0.15, -0.1) is 5.10 Å². The number of nitrogens with zero attached hydrogens (tertiary/aromatic N) is 6. The number of carbonyl (C=O) groups excluding carboxylic acids is 16. The number of hydrogen-bond donors (Lipinski definition) is 23. The molecule has 0 bridgehead atoms. The molecule has 2 aromatic carbocycles. The molecule has 776 valence electrons. The second-order valence-electron chi connectivity index (χ2n) is 35.4. The highest BCUT2D eigenvalue weighted by Crippen LogP contribution is 2.25. The standard InChI is InChI=1S/C95H141N27O20/c1-2-3-31-68(85(131)113-71-38-40-81(127)102-42-25-23-33-67(84(97)130)109-89(135)73(49-61-53-105-66-32-21-20-30-65(61)66)114-86(132)69(34-26-43-104-95(98)99)111-88(134)72(48-60-27-16-15-17-28-60)117-93(139)77-52-64(124)56-122(77)94(71)140)110-90(136)74(50-62-29-22-24-41-101-62)116-91(137)75(51-63-54-100-59-107-63)115-87(133)70(37-39-78(96)125)112-92(138)76(57-123)108-82(128)55-106-83(129)58-142-47-46-141-45-44-103-80(126)36-19-14-12-10-8-6-4-5-7-9-11-13-18-35-79-118-120-121-119-79/h15-17,20-22,24,27-30,32,41,53-54,59,64,67-77,105,123-124H,2-14,18-19,23,25-26,31,33-40,42-52,55-58H2,1H3,(H2,96,125)(H2,97,130)(H,100,107)(H,102,127)(H,103,126)(H,106,129)(H,108,128)(H,109,135)(H,110,136)(H,111,134)(H,112,138)(H,113,131)(H,114,132)(H,115,133)(H,116,137)(H,117,139)(H4,98,99,104)(H,118,119,120,121)/t64-,67+,68+,69+,70+,71+,72-,73+,74+,75+,76+,77+/m1/s1. The van der Waals surface area contributed by atoms with E-state index in [1.165, 1.54) is 76.2 Å². The van der Waals surface area contributed by atoms with Gasteiger partial charge in [0.25, 0.3) is 0 Å². The van der Waals surface area contributed by atoms with Crippen molar-refractivity contribution in [3.8, 4) is 0 Å². The number of benzene rings is 2. The molecule has 0 spiro atoms. The highest BCUT2D eigenvalue weighted by atomic mass is 16.5. The van der Waals surface area contributed by atoms with Crippen LogP contribution in [0.5, 0.6) is 0 Å². The number of aromatic nitrogens is 8. The summed E-state index contributed by atoms with van der Waals surface area (Å²) in [5, 5.41) is 81.1. The van der Waals surface area contributed by atoms with Crippen LogP contribution in [0, 0.1) is 5.41 Å². The molecule has 0 saturated carbocycles. The summed E-state index contributed by atoms with van der Waals surface area (Å²) < 4.78 is 10.9. The molecule has 2 aliphatic rings. The third-order valence-corrected chi connectivity index (χ3v) is 24.1. The van der Waals surface area contributed by atoms with E-state index in [9.17, 15) is 58.2 Å². The van der Waals surface area contributed by atoms with E-state index in [4.69, 9.17) is 32.1 Å². The Morgan fingerprint density at radius 1 is 0.577 bits per heavy atom. The summed E-state index contributed by atoms with van der Waals surface area (Å²) in [4.78, 5) is 242. The number of pyridine rings is 1. The quantitative estimate of drug-likeness (QED) is 0.0113. The number of H-pyrrole nitrogens is 3.